The predicted octanol–water partition coefficient (Wildman–Crippen LogP) is 1.16. The van der Waals surface area contributed by atoms with Gasteiger partial charge in [-0.25, -0.2) is 0 Å². The number of aliphatic hydroxyl groups excluding tert-OH is 1. The highest BCUT2D eigenvalue weighted by molar-refractivity contribution is 6.01. The molecule has 0 bridgehead atoms. The summed E-state index contributed by atoms with van der Waals surface area (Å²) in [5.41, 5.74) is 3.13. The first-order chi connectivity index (χ1) is 10.5. The third-order valence-electron chi connectivity index (χ3n) is 4.40. The molecule has 2 N–H and O–H groups in total. The summed E-state index contributed by atoms with van der Waals surface area (Å²) < 4.78 is 0. The summed E-state index contributed by atoms with van der Waals surface area (Å²) in [6, 6.07) is 5.19. The van der Waals surface area contributed by atoms with Crippen LogP contribution in [0.3, 0.4) is 0 Å². The Morgan fingerprint density at radius 1 is 1.36 bits per heavy atom. The Morgan fingerprint density at radius 3 is 2.73 bits per heavy atom. The van der Waals surface area contributed by atoms with Crippen molar-refractivity contribution in [3.05, 3.63) is 29.3 Å². The number of carbonyl (C=O) groups excluding carboxylic acids is 2. The van der Waals surface area contributed by atoms with Gasteiger partial charge < -0.3 is 15.3 Å². The average Bonchev–Trinajstić information content (AvgIpc) is 3.24. The molecule has 118 valence electrons. The van der Waals surface area contributed by atoms with Gasteiger partial charge in [-0.3, -0.25) is 9.59 Å². The van der Waals surface area contributed by atoms with E-state index < -0.39 is 12.1 Å². The minimum absolute atomic E-state index is 0.0159. The topological polar surface area (TPSA) is 69.6 Å². The summed E-state index contributed by atoms with van der Waals surface area (Å²) in [7, 11) is 0. The van der Waals surface area contributed by atoms with E-state index in [9.17, 15) is 14.7 Å². The van der Waals surface area contributed by atoms with Gasteiger partial charge >= 0.3 is 0 Å². The maximum absolute atomic E-state index is 12.8. The Balaban J connectivity index is 1.79. The highest BCUT2D eigenvalue weighted by Crippen LogP contribution is 2.31. The van der Waals surface area contributed by atoms with E-state index in [0.29, 0.717) is 6.54 Å². The number of amides is 2. The summed E-state index contributed by atoms with van der Waals surface area (Å²) in [6.07, 6.45) is 1.64. The molecule has 1 aromatic carbocycles. The summed E-state index contributed by atoms with van der Waals surface area (Å²) in [6.45, 7) is 4.13. The normalized spacial score (nSPS) is 19.5. The first kappa shape index (κ1) is 15.0. The van der Waals surface area contributed by atoms with Gasteiger partial charge in [-0.1, -0.05) is 12.1 Å². The molecular weight excluding hydrogens is 280 g/mol. The Labute approximate surface area is 130 Å². The lowest BCUT2D eigenvalue weighted by Gasteiger charge is -2.26. The largest absolute Gasteiger partial charge is 0.391 e. The van der Waals surface area contributed by atoms with E-state index in [1.165, 1.54) is 0 Å². The zero-order valence-electron chi connectivity index (χ0n) is 13.0. The van der Waals surface area contributed by atoms with E-state index in [1.54, 1.807) is 11.8 Å². The molecule has 1 fully saturated rings. The predicted molar refractivity (Wildman–Crippen MR) is 83.6 cm³/mol. The number of anilines is 1. The van der Waals surface area contributed by atoms with E-state index in [2.05, 4.69) is 5.32 Å². The number of nitrogens with one attached hydrogen (secondary N) is 1. The van der Waals surface area contributed by atoms with Crippen LogP contribution < -0.4 is 10.2 Å². The van der Waals surface area contributed by atoms with Crippen LogP contribution in [0, 0.1) is 12.8 Å². The van der Waals surface area contributed by atoms with Crippen LogP contribution in [-0.2, 0) is 16.0 Å². The molecule has 2 amide bonds. The standard InChI is InChI=1S/C17H22N2O3/c1-10-3-4-12-7-8-19(14(12)9-10)17(22)15(11(2)20)18-16(21)13-5-6-13/h3-4,9,11,13,15,20H,5-8H2,1-2H3,(H,18,21)/t11-,15+/m1/s1. The summed E-state index contributed by atoms with van der Waals surface area (Å²) in [5, 5.41) is 12.7. The van der Waals surface area contributed by atoms with Crippen molar-refractivity contribution in [1.29, 1.82) is 0 Å². The number of benzene rings is 1. The van der Waals surface area contributed by atoms with Crippen LogP contribution in [0.15, 0.2) is 18.2 Å². The summed E-state index contributed by atoms with van der Waals surface area (Å²) >= 11 is 0. The minimum atomic E-state index is -0.913. The van der Waals surface area contributed by atoms with Crippen molar-refractivity contribution in [2.24, 2.45) is 5.92 Å². The van der Waals surface area contributed by atoms with Gasteiger partial charge in [0.15, 0.2) is 0 Å². The fraction of sp³-hybridized carbons (Fsp3) is 0.529. The number of rotatable bonds is 4. The van der Waals surface area contributed by atoms with Gasteiger partial charge in [0.05, 0.1) is 6.10 Å². The summed E-state index contributed by atoms with van der Waals surface area (Å²) in [5.74, 6) is -0.335. The second kappa shape index (κ2) is 5.72. The number of nitrogens with zero attached hydrogens (tertiary/aromatic N) is 1. The Kier molecular flexibility index (Phi) is 3.91. The maximum atomic E-state index is 12.8. The lowest BCUT2D eigenvalue weighted by Crippen LogP contribution is -2.54. The second-order valence-corrected chi connectivity index (χ2v) is 6.37. The molecule has 3 rings (SSSR count). The number of fused-ring (bicyclic) bond motifs is 1. The van der Waals surface area contributed by atoms with E-state index in [4.69, 9.17) is 0 Å². The van der Waals surface area contributed by atoms with Crippen LogP contribution in [0.25, 0.3) is 0 Å². The molecule has 22 heavy (non-hydrogen) atoms. The van der Waals surface area contributed by atoms with Crippen molar-refractivity contribution in [3.8, 4) is 0 Å². The van der Waals surface area contributed by atoms with Crippen molar-refractivity contribution < 1.29 is 14.7 Å². The van der Waals surface area contributed by atoms with Crippen LogP contribution in [0.4, 0.5) is 5.69 Å². The molecule has 1 heterocycles. The van der Waals surface area contributed by atoms with Crippen molar-refractivity contribution >= 4 is 17.5 Å². The molecular formula is C17H22N2O3. The molecule has 0 spiro atoms. The first-order valence-electron chi connectivity index (χ1n) is 7.86. The molecule has 2 atom stereocenters. The van der Waals surface area contributed by atoms with Gasteiger partial charge in [0.1, 0.15) is 6.04 Å². The fourth-order valence-electron chi connectivity index (χ4n) is 2.89. The molecule has 5 nitrogen and oxygen atoms in total. The molecule has 1 aliphatic heterocycles. The quantitative estimate of drug-likeness (QED) is 0.877. The van der Waals surface area contributed by atoms with E-state index in [1.807, 2.05) is 25.1 Å². The molecule has 1 aliphatic carbocycles. The van der Waals surface area contributed by atoms with E-state index >= 15 is 0 Å². The number of aryl methyl sites for hydroxylation is 1. The smallest absolute Gasteiger partial charge is 0.252 e. The van der Waals surface area contributed by atoms with Crippen LogP contribution >= 0.6 is 0 Å². The third kappa shape index (κ3) is 2.86. The monoisotopic (exact) mass is 302 g/mol. The zero-order valence-corrected chi connectivity index (χ0v) is 13.0. The van der Waals surface area contributed by atoms with Gasteiger partial charge in [-0.2, -0.15) is 0 Å². The van der Waals surface area contributed by atoms with Crippen LogP contribution in [0.1, 0.15) is 30.9 Å². The zero-order chi connectivity index (χ0) is 15.9. The van der Waals surface area contributed by atoms with E-state index in [-0.39, 0.29) is 17.7 Å². The molecule has 0 unspecified atom stereocenters. The van der Waals surface area contributed by atoms with Gasteiger partial charge in [0, 0.05) is 18.2 Å². The Bertz CT molecular complexity index is 608. The number of aliphatic hydroxyl groups is 1. The molecule has 0 saturated heterocycles. The van der Waals surface area contributed by atoms with Gasteiger partial charge in [-0.15, -0.1) is 0 Å². The third-order valence-corrected chi connectivity index (χ3v) is 4.40. The maximum Gasteiger partial charge on any atom is 0.252 e. The average molecular weight is 302 g/mol. The lowest BCUT2D eigenvalue weighted by molar-refractivity contribution is -0.130. The summed E-state index contributed by atoms with van der Waals surface area (Å²) in [4.78, 5) is 26.4. The van der Waals surface area contributed by atoms with Crippen molar-refractivity contribution in [2.45, 2.75) is 45.3 Å². The van der Waals surface area contributed by atoms with Crippen molar-refractivity contribution in [3.63, 3.8) is 0 Å². The molecule has 0 radical (unpaired) electrons. The highest BCUT2D eigenvalue weighted by atomic mass is 16.3. The molecule has 1 aromatic rings. The number of carbonyl (C=O) groups is 2. The Hall–Kier alpha value is -1.88. The molecule has 2 aliphatic rings. The van der Waals surface area contributed by atoms with Crippen LogP contribution in [0.5, 0.6) is 0 Å². The van der Waals surface area contributed by atoms with Crippen molar-refractivity contribution in [1.82, 2.24) is 5.32 Å². The fourth-order valence-corrected chi connectivity index (χ4v) is 2.89. The van der Waals surface area contributed by atoms with Crippen LogP contribution in [0.2, 0.25) is 0 Å². The number of hydrogen-bond donors (Lipinski definition) is 2. The SMILES string of the molecule is Cc1ccc2c(c1)N(C(=O)[C@@H](NC(=O)C1CC1)[C@@H](C)O)CC2. The Morgan fingerprint density at radius 2 is 2.09 bits per heavy atom. The van der Waals surface area contributed by atoms with Crippen LogP contribution in [-0.4, -0.2) is 35.6 Å². The highest BCUT2D eigenvalue weighted by Gasteiger charge is 2.37. The number of hydrogen-bond acceptors (Lipinski definition) is 3. The van der Waals surface area contributed by atoms with E-state index in [0.717, 1.165) is 36.1 Å². The lowest BCUT2D eigenvalue weighted by atomic mass is 10.1. The first-order valence-corrected chi connectivity index (χ1v) is 7.86. The van der Waals surface area contributed by atoms with Gasteiger partial charge in [0.25, 0.3) is 5.91 Å². The minimum Gasteiger partial charge on any atom is -0.391 e. The molecule has 0 aromatic heterocycles. The van der Waals surface area contributed by atoms with Crippen molar-refractivity contribution in [2.75, 3.05) is 11.4 Å². The molecule has 5 heteroatoms. The second-order valence-electron chi connectivity index (χ2n) is 6.37. The molecule has 1 saturated carbocycles. The van der Waals surface area contributed by atoms with Gasteiger partial charge in [0.2, 0.25) is 5.91 Å². The van der Waals surface area contributed by atoms with Gasteiger partial charge in [-0.05, 0) is 50.3 Å².